The molecule has 0 spiro atoms. The lowest BCUT2D eigenvalue weighted by molar-refractivity contribution is -0.123. The Bertz CT molecular complexity index is 1200. The van der Waals surface area contributed by atoms with Crippen molar-refractivity contribution < 1.29 is 4.79 Å². The van der Waals surface area contributed by atoms with Gasteiger partial charge < -0.3 is 9.13 Å². The third-order valence-corrected chi connectivity index (χ3v) is 7.46. The molecule has 0 saturated carbocycles. The monoisotopic (exact) mass is 452 g/mol. The lowest BCUT2D eigenvalue weighted by Crippen LogP contribution is -2.31. The zero-order chi connectivity index (χ0) is 22.9. The number of hydrogen-bond donors (Lipinski definition) is 0. The van der Waals surface area contributed by atoms with Gasteiger partial charge in [-0.2, -0.15) is 0 Å². The highest BCUT2D eigenvalue weighted by Gasteiger charge is 2.35. The lowest BCUT2D eigenvalue weighted by atomic mass is 9.81. The minimum Gasteiger partial charge on any atom is -0.305 e. The summed E-state index contributed by atoms with van der Waals surface area (Å²) in [5.74, 6) is 0.0811. The second kappa shape index (κ2) is 8.97. The van der Waals surface area contributed by atoms with E-state index in [2.05, 4.69) is 56.8 Å². The van der Waals surface area contributed by atoms with Crippen LogP contribution in [0.2, 0.25) is 0 Å². The molecule has 2 unspecified atom stereocenters. The Morgan fingerprint density at radius 1 is 0.618 bits per heavy atom. The molecule has 2 aliphatic carbocycles. The maximum atomic E-state index is 14.7. The van der Waals surface area contributed by atoms with E-state index < -0.39 is 12.1 Å². The zero-order valence-electron chi connectivity index (χ0n) is 19.2. The van der Waals surface area contributed by atoms with Crippen LogP contribution in [0.4, 0.5) is 0 Å². The fraction of sp³-hybridized carbons (Fsp3) is 0.370. The number of rotatable bonds is 6. The van der Waals surface area contributed by atoms with Crippen molar-refractivity contribution in [3.05, 3.63) is 95.1 Å². The molecular weight excluding hydrogens is 424 g/mol. The second-order valence-electron chi connectivity index (χ2n) is 9.41. The largest absolute Gasteiger partial charge is 0.305 e. The van der Waals surface area contributed by atoms with Gasteiger partial charge in [-0.25, -0.2) is 0 Å². The maximum absolute atomic E-state index is 14.7. The van der Waals surface area contributed by atoms with Crippen molar-refractivity contribution in [1.29, 1.82) is 0 Å². The van der Waals surface area contributed by atoms with Gasteiger partial charge in [0.1, 0.15) is 37.4 Å². The van der Waals surface area contributed by atoms with Crippen LogP contribution < -0.4 is 0 Å². The molecule has 0 radical (unpaired) electrons. The number of ketones is 1. The summed E-state index contributed by atoms with van der Waals surface area (Å²) in [6.45, 7) is 0. The molecule has 2 aliphatic rings. The van der Waals surface area contributed by atoms with E-state index in [-0.39, 0.29) is 5.78 Å². The fourth-order valence-corrected chi connectivity index (χ4v) is 5.89. The average Bonchev–Trinajstić information content (AvgIpc) is 3.60. The van der Waals surface area contributed by atoms with Crippen LogP contribution in [0, 0.1) is 0 Å². The zero-order valence-corrected chi connectivity index (χ0v) is 19.2. The Labute approximate surface area is 198 Å². The predicted molar refractivity (Wildman–Crippen MR) is 127 cm³/mol. The summed E-state index contributed by atoms with van der Waals surface area (Å²) in [6.07, 6.45) is 15.4. The number of fused-ring (bicyclic) bond motifs is 2. The Hall–Kier alpha value is -3.61. The molecule has 6 rings (SSSR count). The van der Waals surface area contributed by atoms with E-state index in [4.69, 9.17) is 0 Å². The summed E-state index contributed by atoms with van der Waals surface area (Å²) in [7, 11) is 0. The van der Waals surface area contributed by atoms with Crippen LogP contribution in [0.1, 0.15) is 71.1 Å². The van der Waals surface area contributed by atoms with Gasteiger partial charge in [0.2, 0.25) is 0 Å². The van der Waals surface area contributed by atoms with Gasteiger partial charge in [0.15, 0.2) is 5.78 Å². The molecule has 7 heteroatoms. The van der Waals surface area contributed by atoms with E-state index in [1.54, 1.807) is 25.3 Å². The van der Waals surface area contributed by atoms with Crippen molar-refractivity contribution in [2.24, 2.45) is 0 Å². The Morgan fingerprint density at radius 2 is 1.03 bits per heavy atom. The molecule has 2 heterocycles. The molecule has 0 N–H and O–H groups in total. The molecule has 2 aromatic heterocycles. The van der Waals surface area contributed by atoms with Crippen molar-refractivity contribution in [3.8, 4) is 0 Å². The molecular formula is C27H28N6O. The molecule has 34 heavy (non-hydrogen) atoms. The van der Waals surface area contributed by atoms with Gasteiger partial charge in [-0.05, 0) is 84.7 Å². The summed E-state index contributed by atoms with van der Waals surface area (Å²) in [6, 6.07) is 11.8. The van der Waals surface area contributed by atoms with Gasteiger partial charge >= 0.3 is 0 Å². The van der Waals surface area contributed by atoms with Crippen molar-refractivity contribution in [2.45, 2.75) is 63.5 Å². The molecule has 2 atom stereocenters. The van der Waals surface area contributed by atoms with Crippen molar-refractivity contribution in [2.75, 3.05) is 0 Å². The number of Topliss-reactive ketones (excluding diaryl/α,β-unsaturated/α-hetero) is 1. The molecule has 0 bridgehead atoms. The minimum absolute atomic E-state index is 0.0811. The maximum Gasteiger partial charge on any atom is 0.187 e. The number of aryl methyl sites for hydroxylation is 2. The standard InChI is InChI=1S/C27H28N6O/c34-27(25(32-15-28-29-16-32)23-13-5-9-19-7-1-3-11-21(19)23)26(33-17-30-31-18-33)24-14-6-10-20-8-2-4-12-22(20)24/h5-6,9-10,13-18,25-26H,1-4,7-8,11-12H2. The number of hydrogen-bond acceptors (Lipinski definition) is 5. The highest BCUT2D eigenvalue weighted by Crippen LogP contribution is 2.37. The highest BCUT2D eigenvalue weighted by molar-refractivity contribution is 5.92. The van der Waals surface area contributed by atoms with E-state index >= 15 is 0 Å². The van der Waals surface area contributed by atoms with Crippen LogP contribution in [-0.4, -0.2) is 35.3 Å². The number of benzene rings is 2. The average molecular weight is 453 g/mol. The first kappa shape index (κ1) is 21.0. The lowest BCUT2D eigenvalue weighted by Gasteiger charge is -2.30. The van der Waals surface area contributed by atoms with E-state index in [0.29, 0.717) is 0 Å². The molecule has 4 aromatic rings. The molecule has 172 valence electrons. The summed E-state index contributed by atoms with van der Waals surface area (Å²) in [5.41, 5.74) is 7.44. The number of carbonyl (C=O) groups is 1. The Balaban J connectivity index is 1.52. The van der Waals surface area contributed by atoms with E-state index in [9.17, 15) is 4.79 Å². The van der Waals surface area contributed by atoms with Gasteiger partial charge in [0.05, 0.1) is 0 Å². The molecule has 0 saturated heterocycles. The molecule has 2 aromatic carbocycles. The van der Waals surface area contributed by atoms with Crippen LogP contribution in [-0.2, 0) is 30.5 Å². The normalized spacial score (nSPS) is 16.9. The number of aromatic nitrogens is 6. The summed E-state index contributed by atoms with van der Waals surface area (Å²) in [4.78, 5) is 14.7. The smallest absolute Gasteiger partial charge is 0.187 e. The van der Waals surface area contributed by atoms with Crippen LogP contribution in [0.5, 0.6) is 0 Å². The van der Waals surface area contributed by atoms with E-state index in [1.807, 2.05) is 9.13 Å². The molecule has 0 amide bonds. The Kier molecular flexibility index (Phi) is 5.53. The molecule has 7 nitrogen and oxygen atoms in total. The van der Waals surface area contributed by atoms with Gasteiger partial charge in [-0.1, -0.05) is 36.4 Å². The second-order valence-corrected chi connectivity index (χ2v) is 9.41. The fourth-order valence-electron chi connectivity index (χ4n) is 5.89. The van der Waals surface area contributed by atoms with E-state index in [1.165, 1.54) is 35.1 Å². The van der Waals surface area contributed by atoms with Gasteiger partial charge in [-0.3, -0.25) is 4.79 Å². The first-order chi connectivity index (χ1) is 16.8. The Morgan fingerprint density at radius 3 is 1.47 bits per heavy atom. The van der Waals surface area contributed by atoms with Crippen LogP contribution in [0.3, 0.4) is 0 Å². The van der Waals surface area contributed by atoms with Crippen molar-refractivity contribution >= 4 is 5.78 Å². The highest BCUT2D eigenvalue weighted by atomic mass is 16.1. The summed E-state index contributed by atoms with van der Waals surface area (Å²) >= 11 is 0. The van der Waals surface area contributed by atoms with Crippen LogP contribution in [0.25, 0.3) is 0 Å². The summed E-state index contributed by atoms with van der Waals surface area (Å²) in [5, 5.41) is 16.2. The summed E-state index contributed by atoms with van der Waals surface area (Å²) < 4.78 is 3.72. The van der Waals surface area contributed by atoms with Gasteiger partial charge in [0, 0.05) is 0 Å². The minimum atomic E-state index is -0.519. The van der Waals surface area contributed by atoms with Crippen molar-refractivity contribution in [1.82, 2.24) is 29.5 Å². The molecule has 0 aliphatic heterocycles. The van der Waals surface area contributed by atoms with Crippen molar-refractivity contribution in [3.63, 3.8) is 0 Å². The third-order valence-electron chi connectivity index (χ3n) is 7.46. The van der Waals surface area contributed by atoms with E-state index in [0.717, 1.165) is 49.7 Å². The first-order valence-corrected chi connectivity index (χ1v) is 12.2. The van der Waals surface area contributed by atoms with Gasteiger partial charge in [0.25, 0.3) is 0 Å². The predicted octanol–water partition coefficient (Wildman–Crippen LogP) is 4.08. The quantitative estimate of drug-likeness (QED) is 0.441. The SMILES string of the molecule is O=C(C(c1cccc2c1CCCC2)n1cnnc1)C(c1cccc2c1CCCC2)n1cnnc1. The number of carbonyl (C=O) groups excluding carboxylic acids is 1. The van der Waals surface area contributed by atoms with Crippen LogP contribution >= 0.6 is 0 Å². The number of nitrogens with zero attached hydrogens (tertiary/aromatic N) is 6. The third kappa shape index (κ3) is 3.65. The van der Waals surface area contributed by atoms with Crippen LogP contribution in [0.15, 0.2) is 61.7 Å². The molecule has 0 fully saturated rings. The topological polar surface area (TPSA) is 78.5 Å². The van der Waals surface area contributed by atoms with Gasteiger partial charge in [-0.15, -0.1) is 20.4 Å². The first-order valence-electron chi connectivity index (χ1n) is 12.2.